The highest BCUT2D eigenvalue weighted by atomic mass is 32.2. The summed E-state index contributed by atoms with van der Waals surface area (Å²) in [5.41, 5.74) is 0.509. The normalized spacial score (nSPS) is 11.6. The Morgan fingerprint density at radius 1 is 0.944 bits per heavy atom. The van der Waals surface area contributed by atoms with Gasteiger partial charge in [0.1, 0.15) is 6.54 Å². The van der Waals surface area contributed by atoms with Gasteiger partial charge in [-0.2, -0.15) is 13.2 Å². The quantitative estimate of drug-likeness (QED) is 0.446. The molecule has 0 unspecified atom stereocenters. The van der Waals surface area contributed by atoms with E-state index in [1.54, 1.807) is 24.3 Å². The summed E-state index contributed by atoms with van der Waals surface area (Å²) in [6.07, 6.45) is -4.52. The average molecular weight is 523 g/mol. The number of hydrogen-bond donors (Lipinski definition) is 1. The molecule has 1 N–H and O–H groups in total. The second kappa shape index (κ2) is 10.9. The number of ether oxygens (including phenoxy) is 2. The molecule has 0 atom stereocenters. The lowest BCUT2D eigenvalue weighted by molar-refractivity contribution is -0.137. The van der Waals surface area contributed by atoms with Crippen LogP contribution in [0.5, 0.6) is 11.5 Å². The lowest BCUT2D eigenvalue weighted by Crippen LogP contribution is -2.40. The molecule has 3 aromatic rings. The fourth-order valence-electron chi connectivity index (χ4n) is 3.37. The minimum absolute atomic E-state index is 0.133. The van der Waals surface area contributed by atoms with Crippen molar-refractivity contribution < 1.29 is 35.9 Å². The Labute approximate surface area is 207 Å². The zero-order chi connectivity index (χ0) is 26.5. The molecule has 3 aromatic carbocycles. The van der Waals surface area contributed by atoms with Crippen LogP contribution in [0.1, 0.15) is 16.7 Å². The van der Waals surface area contributed by atoms with Gasteiger partial charge in [0.25, 0.3) is 10.0 Å². The first-order valence-electron chi connectivity index (χ1n) is 10.7. The molecule has 0 heterocycles. The predicted molar refractivity (Wildman–Crippen MR) is 129 cm³/mol. The van der Waals surface area contributed by atoms with Gasteiger partial charge in [0.2, 0.25) is 5.91 Å². The Bertz CT molecular complexity index is 1330. The number of alkyl halides is 3. The van der Waals surface area contributed by atoms with Gasteiger partial charge in [0.15, 0.2) is 11.5 Å². The molecule has 7 nitrogen and oxygen atoms in total. The van der Waals surface area contributed by atoms with Gasteiger partial charge in [0.05, 0.1) is 30.4 Å². The van der Waals surface area contributed by atoms with Crippen LogP contribution >= 0.6 is 0 Å². The molecule has 0 saturated carbocycles. The first-order chi connectivity index (χ1) is 17.0. The third kappa shape index (κ3) is 6.28. The second-order valence-corrected chi connectivity index (χ2v) is 9.70. The maximum atomic E-state index is 13.6. The van der Waals surface area contributed by atoms with Crippen molar-refractivity contribution in [3.63, 3.8) is 0 Å². The molecule has 0 bridgehead atoms. The van der Waals surface area contributed by atoms with Crippen LogP contribution in [-0.2, 0) is 27.5 Å². The van der Waals surface area contributed by atoms with Crippen molar-refractivity contribution in [2.24, 2.45) is 0 Å². The monoisotopic (exact) mass is 522 g/mol. The summed E-state index contributed by atoms with van der Waals surface area (Å²) in [5.74, 6) is -0.175. The number of amides is 1. The molecule has 0 radical (unpaired) electrons. The smallest absolute Gasteiger partial charge is 0.416 e. The van der Waals surface area contributed by atoms with E-state index in [1.807, 2.05) is 6.92 Å². The largest absolute Gasteiger partial charge is 0.493 e. The van der Waals surface area contributed by atoms with Crippen LogP contribution in [0.2, 0.25) is 0 Å². The van der Waals surface area contributed by atoms with Crippen molar-refractivity contribution in [1.29, 1.82) is 0 Å². The van der Waals surface area contributed by atoms with Crippen LogP contribution in [0.4, 0.5) is 18.9 Å². The molecule has 0 aliphatic rings. The predicted octanol–water partition coefficient (Wildman–Crippen LogP) is 4.54. The first kappa shape index (κ1) is 26.9. The van der Waals surface area contributed by atoms with E-state index < -0.39 is 34.2 Å². The fourth-order valence-corrected chi connectivity index (χ4v) is 4.81. The number of anilines is 1. The SMILES string of the molecule is COc1ccc(S(=O)(=O)N(CC(=O)NCc2cccc(C(F)(F)F)c2)c2ccc(C)cc2)cc1OC. The molecule has 0 aromatic heterocycles. The summed E-state index contributed by atoms with van der Waals surface area (Å²) in [7, 11) is -1.46. The Balaban J connectivity index is 1.88. The minimum atomic E-state index is -4.52. The van der Waals surface area contributed by atoms with Crippen molar-refractivity contribution >= 4 is 21.6 Å². The van der Waals surface area contributed by atoms with Crippen molar-refractivity contribution in [2.45, 2.75) is 24.5 Å². The van der Waals surface area contributed by atoms with Crippen LogP contribution in [0.3, 0.4) is 0 Å². The molecule has 0 fully saturated rings. The van der Waals surface area contributed by atoms with Crippen molar-refractivity contribution in [3.05, 3.63) is 83.4 Å². The maximum absolute atomic E-state index is 13.6. The van der Waals surface area contributed by atoms with E-state index in [-0.39, 0.29) is 28.4 Å². The zero-order valence-corrected chi connectivity index (χ0v) is 20.6. The lowest BCUT2D eigenvalue weighted by atomic mass is 10.1. The molecule has 0 spiro atoms. The number of methoxy groups -OCH3 is 2. The number of carbonyl (C=O) groups excluding carboxylic acids is 1. The minimum Gasteiger partial charge on any atom is -0.493 e. The average Bonchev–Trinajstić information content (AvgIpc) is 2.85. The molecule has 192 valence electrons. The summed E-state index contributed by atoms with van der Waals surface area (Å²) in [5, 5.41) is 2.50. The topological polar surface area (TPSA) is 84.9 Å². The number of carbonyl (C=O) groups is 1. The Morgan fingerprint density at radius 3 is 2.22 bits per heavy atom. The van der Waals surface area contributed by atoms with Crippen LogP contribution < -0.4 is 19.1 Å². The van der Waals surface area contributed by atoms with Gasteiger partial charge in [0, 0.05) is 12.6 Å². The summed E-state index contributed by atoms with van der Waals surface area (Å²) in [4.78, 5) is 12.6. The molecule has 0 saturated heterocycles. The molecular weight excluding hydrogens is 497 g/mol. The van der Waals surface area contributed by atoms with Gasteiger partial charge in [-0.25, -0.2) is 8.42 Å². The van der Waals surface area contributed by atoms with Gasteiger partial charge < -0.3 is 14.8 Å². The third-order valence-electron chi connectivity index (χ3n) is 5.30. The van der Waals surface area contributed by atoms with Crippen LogP contribution in [0.25, 0.3) is 0 Å². The van der Waals surface area contributed by atoms with Crippen molar-refractivity contribution in [3.8, 4) is 11.5 Å². The van der Waals surface area contributed by atoms with Crippen molar-refractivity contribution in [1.82, 2.24) is 5.32 Å². The van der Waals surface area contributed by atoms with Crippen LogP contribution in [-0.4, -0.2) is 35.1 Å². The number of rotatable bonds is 9. The molecule has 11 heteroatoms. The summed E-state index contributed by atoms with van der Waals surface area (Å²) < 4.78 is 77.4. The van der Waals surface area contributed by atoms with Gasteiger partial charge in [-0.1, -0.05) is 29.8 Å². The van der Waals surface area contributed by atoms with Gasteiger partial charge in [-0.15, -0.1) is 0 Å². The standard InChI is InChI=1S/C25H25F3N2O5S/c1-17-7-9-20(10-8-17)30(36(32,33)21-11-12-22(34-2)23(14-21)35-3)16-24(31)29-15-18-5-4-6-19(13-18)25(26,27)28/h4-14H,15-16H2,1-3H3,(H,29,31). The summed E-state index contributed by atoms with van der Waals surface area (Å²) >= 11 is 0. The summed E-state index contributed by atoms with van der Waals surface area (Å²) in [6, 6.07) is 15.1. The Hall–Kier alpha value is -3.73. The third-order valence-corrected chi connectivity index (χ3v) is 7.07. The zero-order valence-electron chi connectivity index (χ0n) is 19.8. The number of sulfonamides is 1. The number of aryl methyl sites for hydroxylation is 1. The Morgan fingerprint density at radius 2 is 1.61 bits per heavy atom. The Kier molecular flexibility index (Phi) is 8.13. The van der Waals surface area contributed by atoms with Gasteiger partial charge in [-0.05, 0) is 48.9 Å². The molecule has 0 aliphatic carbocycles. The molecular formula is C25H25F3N2O5S. The highest BCUT2D eigenvalue weighted by Crippen LogP contribution is 2.32. The molecule has 1 amide bonds. The van der Waals surface area contributed by atoms with E-state index in [4.69, 9.17) is 9.47 Å². The molecule has 36 heavy (non-hydrogen) atoms. The maximum Gasteiger partial charge on any atom is 0.416 e. The lowest BCUT2D eigenvalue weighted by Gasteiger charge is -2.24. The number of halogens is 3. The van der Waals surface area contributed by atoms with E-state index in [9.17, 15) is 26.4 Å². The fraction of sp³-hybridized carbons (Fsp3) is 0.240. The number of hydrogen-bond acceptors (Lipinski definition) is 5. The number of nitrogens with one attached hydrogen (secondary N) is 1. The summed E-state index contributed by atoms with van der Waals surface area (Å²) in [6.45, 7) is 1.03. The second-order valence-electron chi connectivity index (χ2n) is 7.84. The molecule has 0 aliphatic heterocycles. The first-order valence-corrected chi connectivity index (χ1v) is 12.1. The van der Waals surface area contributed by atoms with E-state index in [2.05, 4.69) is 5.32 Å². The highest BCUT2D eigenvalue weighted by Gasteiger charge is 2.31. The number of benzene rings is 3. The van der Waals surface area contributed by atoms with Gasteiger partial charge in [-0.3, -0.25) is 9.10 Å². The molecule has 3 rings (SSSR count). The van der Waals surface area contributed by atoms with Crippen molar-refractivity contribution in [2.75, 3.05) is 25.1 Å². The van der Waals surface area contributed by atoms with E-state index >= 15 is 0 Å². The van der Waals surface area contributed by atoms with E-state index in [0.29, 0.717) is 5.75 Å². The van der Waals surface area contributed by atoms with E-state index in [0.717, 1.165) is 22.0 Å². The highest BCUT2D eigenvalue weighted by molar-refractivity contribution is 7.92. The van der Waals surface area contributed by atoms with Crippen LogP contribution in [0, 0.1) is 6.92 Å². The van der Waals surface area contributed by atoms with Crippen LogP contribution in [0.15, 0.2) is 71.6 Å². The van der Waals surface area contributed by atoms with Gasteiger partial charge >= 0.3 is 6.18 Å². The van der Waals surface area contributed by atoms with E-state index in [1.165, 1.54) is 44.6 Å². The number of nitrogens with zero attached hydrogens (tertiary/aromatic N) is 1.